The third kappa shape index (κ3) is 5.60. The standard InChI is InChI=1S/C20H37N3O3/c1-3-4-5-6-7-8-9-10-11-13-16-17(18(24)25-2)20(14-12-15-26-20)23-19(21)22-16/h16-17H,3-15H2,1-2H3,(H3,21,22,23)/t16-,17-,20-/m1/s1. The molecule has 1 spiro atoms. The highest BCUT2D eigenvalue weighted by atomic mass is 16.5. The number of hydrogen-bond donors (Lipinski definition) is 2. The van der Waals surface area contributed by atoms with Crippen molar-refractivity contribution in [1.82, 2.24) is 5.32 Å². The summed E-state index contributed by atoms with van der Waals surface area (Å²) in [5, 5.41) is 3.13. The molecule has 0 bridgehead atoms. The number of carbonyl (C=O) groups is 1. The summed E-state index contributed by atoms with van der Waals surface area (Å²) in [5.41, 5.74) is 5.27. The van der Waals surface area contributed by atoms with Crippen LogP contribution < -0.4 is 11.1 Å². The molecule has 6 heteroatoms. The molecule has 0 aliphatic carbocycles. The lowest BCUT2D eigenvalue weighted by Gasteiger charge is -2.42. The SMILES string of the molecule is CCCCCCCCCCC[C@H]1N=C(N)N[C@@]2(CCCO2)[C@H]1C(=O)OC. The average Bonchev–Trinajstić information content (AvgIpc) is 3.07. The van der Waals surface area contributed by atoms with E-state index in [1.54, 1.807) is 0 Å². The molecule has 3 atom stereocenters. The van der Waals surface area contributed by atoms with Crippen LogP contribution in [0.25, 0.3) is 0 Å². The molecular weight excluding hydrogens is 330 g/mol. The van der Waals surface area contributed by atoms with E-state index in [9.17, 15) is 4.79 Å². The van der Waals surface area contributed by atoms with E-state index in [0.717, 1.165) is 25.7 Å². The molecule has 6 nitrogen and oxygen atoms in total. The fourth-order valence-electron chi connectivity index (χ4n) is 4.27. The quantitative estimate of drug-likeness (QED) is 0.431. The van der Waals surface area contributed by atoms with Crippen molar-refractivity contribution in [2.45, 2.75) is 95.7 Å². The Morgan fingerprint density at radius 2 is 1.88 bits per heavy atom. The molecule has 26 heavy (non-hydrogen) atoms. The zero-order valence-electron chi connectivity index (χ0n) is 16.6. The molecule has 1 fully saturated rings. The lowest BCUT2D eigenvalue weighted by molar-refractivity contribution is -0.162. The van der Waals surface area contributed by atoms with E-state index in [0.29, 0.717) is 12.6 Å². The number of nitrogens with zero attached hydrogens (tertiary/aromatic N) is 1. The van der Waals surface area contributed by atoms with Crippen LogP contribution in [0.4, 0.5) is 0 Å². The summed E-state index contributed by atoms with van der Waals surface area (Å²) in [6.45, 7) is 2.89. The van der Waals surface area contributed by atoms with Crippen molar-refractivity contribution in [3.63, 3.8) is 0 Å². The van der Waals surface area contributed by atoms with E-state index in [1.165, 1.54) is 58.5 Å². The molecule has 2 rings (SSSR count). The topological polar surface area (TPSA) is 85.9 Å². The molecule has 0 aromatic heterocycles. The van der Waals surface area contributed by atoms with E-state index < -0.39 is 11.6 Å². The molecule has 0 saturated carbocycles. The smallest absolute Gasteiger partial charge is 0.315 e. The number of methoxy groups -OCH3 is 1. The number of esters is 1. The maximum atomic E-state index is 12.5. The summed E-state index contributed by atoms with van der Waals surface area (Å²) in [5.74, 6) is -0.291. The second kappa shape index (κ2) is 10.8. The van der Waals surface area contributed by atoms with Crippen LogP contribution in [0.15, 0.2) is 4.99 Å². The average molecular weight is 368 g/mol. The molecule has 3 N–H and O–H groups in total. The van der Waals surface area contributed by atoms with E-state index in [-0.39, 0.29) is 12.0 Å². The number of carbonyl (C=O) groups excluding carboxylic acids is 1. The lowest BCUT2D eigenvalue weighted by Crippen LogP contribution is -2.64. The van der Waals surface area contributed by atoms with Gasteiger partial charge < -0.3 is 20.5 Å². The van der Waals surface area contributed by atoms with Crippen LogP contribution in [0, 0.1) is 5.92 Å². The van der Waals surface area contributed by atoms with Gasteiger partial charge in [0.25, 0.3) is 0 Å². The molecule has 2 aliphatic rings. The second-order valence-electron chi connectivity index (χ2n) is 7.67. The fourth-order valence-corrected chi connectivity index (χ4v) is 4.27. The van der Waals surface area contributed by atoms with Gasteiger partial charge in [-0.25, -0.2) is 4.99 Å². The Labute approximate surface area is 158 Å². The normalized spacial score (nSPS) is 28.0. The van der Waals surface area contributed by atoms with Gasteiger partial charge in [0.2, 0.25) is 0 Å². The van der Waals surface area contributed by atoms with Crippen molar-refractivity contribution >= 4 is 11.9 Å². The Kier molecular flexibility index (Phi) is 8.69. The predicted octanol–water partition coefficient (Wildman–Crippen LogP) is 3.49. The Bertz CT molecular complexity index is 461. The molecule has 2 heterocycles. The predicted molar refractivity (Wildman–Crippen MR) is 104 cm³/mol. The van der Waals surface area contributed by atoms with Gasteiger partial charge in [-0.15, -0.1) is 0 Å². The zero-order chi connectivity index (χ0) is 18.8. The van der Waals surface area contributed by atoms with E-state index >= 15 is 0 Å². The number of hydrogen-bond acceptors (Lipinski definition) is 6. The molecule has 0 radical (unpaired) electrons. The zero-order valence-corrected chi connectivity index (χ0v) is 16.6. The van der Waals surface area contributed by atoms with Gasteiger partial charge in [-0.1, -0.05) is 64.7 Å². The van der Waals surface area contributed by atoms with Gasteiger partial charge in [-0.2, -0.15) is 0 Å². The van der Waals surface area contributed by atoms with Gasteiger partial charge in [0.1, 0.15) is 5.92 Å². The molecular formula is C20H37N3O3. The van der Waals surface area contributed by atoms with Gasteiger partial charge >= 0.3 is 5.97 Å². The van der Waals surface area contributed by atoms with Crippen molar-refractivity contribution in [2.24, 2.45) is 16.6 Å². The van der Waals surface area contributed by atoms with Crippen LogP contribution in [0.5, 0.6) is 0 Å². The number of aliphatic imine (C=N–C) groups is 1. The fraction of sp³-hybridized carbons (Fsp3) is 0.900. The lowest BCUT2D eigenvalue weighted by atomic mass is 9.82. The van der Waals surface area contributed by atoms with E-state index in [4.69, 9.17) is 15.2 Å². The van der Waals surface area contributed by atoms with Crippen molar-refractivity contribution in [3.05, 3.63) is 0 Å². The highest BCUT2D eigenvalue weighted by Crippen LogP contribution is 2.38. The minimum atomic E-state index is -0.733. The highest BCUT2D eigenvalue weighted by Gasteiger charge is 2.53. The van der Waals surface area contributed by atoms with Crippen LogP contribution in [-0.4, -0.2) is 37.4 Å². The molecule has 1 saturated heterocycles. The number of unbranched alkanes of at least 4 members (excludes halogenated alkanes) is 8. The van der Waals surface area contributed by atoms with Gasteiger partial charge in [0.15, 0.2) is 11.7 Å². The minimum Gasteiger partial charge on any atom is -0.469 e. The van der Waals surface area contributed by atoms with Crippen LogP contribution in [0.1, 0.15) is 84.0 Å². The first-order valence-corrected chi connectivity index (χ1v) is 10.5. The minimum absolute atomic E-state index is 0.161. The van der Waals surface area contributed by atoms with Gasteiger partial charge in [0.05, 0.1) is 13.2 Å². The molecule has 0 aromatic carbocycles. The van der Waals surface area contributed by atoms with Gasteiger partial charge in [0, 0.05) is 6.61 Å². The summed E-state index contributed by atoms with van der Waals surface area (Å²) in [4.78, 5) is 17.0. The number of nitrogens with two attached hydrogens (primary N) is 1. The van der Waals surface area contributed by atoms with Crippen molar-refractivity contribution < 1.29 is 14.3 Å². The van der Waals surface area contributed by atoms with Crippen LogP contribution in [0.2, 0.25) is 0 Å². The summed E-state index contributed by atoms with van der Waals surface area (Å²) in [6.07, 6.45) is 14.0. The second-order valence-corrected chi connectivity index (χ2v) is 7.67. The van der Waals surface area contributed by atoms with Gasteiger partial charge in [-0.3, -0.25) is 4.79 Å². The highest BCUT2D eigenvalue weighted by molar-refractivity contribution is 5.84. The maximum absolute atomic E-state index is 12.5. The molecule has 2 aliphatic heterocycles. The Morgan fingerprint density at radius 1 is 1.23 bits per heavy atom. The Hall–Kier alpha value is -1.30. The molecule has 0 amide bonds. The van der Waals surface area contributed by atoms with Crippen LogP contribution in [0.3, 0.4) is 0 Å². The van der Waals surface area contributed by atoms with Gasteiger partial charge in [-0.05, 0) is 19.3 Å². The Morgan fingerprint density at radius 3 is 2.46 bits per heavy atom. The monoisotopic (exact) mass is 367 g/mol. The number of nitrogens with one attached hydrogen (secondary N) is 1. The van der Waals surface area contributed by atoms with E-state index in [2.05, 4.69) is 17.2 Å². The van der Waals surface area contributed by atoms with Crippen molar-refractivity contribution in [2.75, 3.05) is 13.7 Å². The Balaban J connectivity index is 1.80. The van der Waals surface area contributed by atoms with E-state index in [1.807, 2.05) is 0 Å². The summed E-state index contributed by atoms with van der Waals surface area (Å²) >= 11 is 0. The number of ether oxygens (including phenoxy) is 2. The third-order valence-electron chi connectivity index (χ3n) is 5.64. The molecule has 150 valence electrons. The van der Waals surface area contributed by atoms with Crippen LogP contribution >= 0.6 is 0 Å². The largest absolute Gasteiger partial charge is 0.469 e. The van der Waals surface area contributed by atoms with Crippen molar-refractivity contribution in [1.29, 1.82) is 0 Å². The maximum Gasteiger partial charge on any atom is 0.315 e. The summed E-state index contributed by atoms with van der Waals surface area (Å²) in [6, 6.07) is -0.161. The number of guanidine groups is 1. The first-order chi connectivity index (χ1) is 12.6. The summed E-state index contributed by atoms with van der Waals surface area (Å²) in [7, 11) is 1.43. The molecule has 0 aromatic rings. The summed E-state index contributed by atoms with van der Waals surface area (Å²) < 4.78 is 11.0. The number of rotatable bonds is 11. The first-order valence-electron chi connectivity index (χ1n) is 10.5. The van der Waals surface area contributed by atoms with Crippen molar-refractivity contribution in [3.8, 4) is 0 Å². The molecule has 0 unspecified atom stereocenters. The third-order valence-corrected chi connectivity index (χ3v) is 5.64. The van der Waals surface area contributed by atoms with Crippen LogP contribution in [-0.2, 0) is 14.3 Å². The first kappa shape index (κ1) is 21.0.